The number of likely N-dealkylation sites (tertiary alicyclic amines) is 1. The van der Waals surface area contributed by atoms with Gasteiger partial charge in [0.15, 0.2) is 11.5 Å². The molecule has 2 atom stereocenters. The van der Waals surface area contributed by atoms with Crippen molar-refractivity contribution >= 4 is 24.8 Å². The third-order valence-electron chi connectivity index (χ3n) is 3.86. The van der Waals surface area contributed by atoms with Crippen LogP contribution in [0.3, 0.4) is 0 Å². The highest BCUT2D eigenvalue weighted by molar-refractivity contribution is 5.85. The molecular weight excluding hydrogens is 323 g/mol. The van der Waals surface area contributed by atoms with Gasteiger partial charge >= 0.3 is 0 Å². The Bertz CT molecular complexity index is 446. The predicted molar refractivity (Wildman–Crippen MR) is 96.1 cm³/mol. The van der Waals surface area contributed by atoms with Gasteiger partial charge in [-0.1, -0.05) is 6.07 Å². The van der Waals surface area contributed by atoms with E-state index < -0.39 is 0 Å². The van der Waals surface area contributed by atoms with Crippen molar-refractivity contribution in [3.8, 4) is 11.5 Å². The van der Waals surface area contributed by atoms with Crippen LogP contribution in [0.2, 0.25) is 0 Å². The maximum absolute atomic E-state index is 6.30. The summed E-state index contributed by atoms with van der Waals surface area (Å²) >= 11 is 0. The molecule has 0 spiro atoms. The van der Waals surface area contributed by atoms with E-state index in [2.05, 4.69) is 24.1 Å². The van der Waals surface area contributed by atoms with Crippen LogP contribution in [0.15, 0.2) is 18.2 Å². The number of halogens is 2. The second-order valence-corrected chi connectivity index (χ2v) is 5.39. The number of nitrogens with zero attached hydrogens (tertiary/aromatic N) is 1. The molecule has 1 aromatic carbocycles. The molecule has 0 unspecified atom stereocenters. The van der Waals surface area contributed by atoms with Gasteiger partial charge in [0.25, 0.3) is 0 Å². The molecule has 0 radical (unpaired) electrons. The SMILES string of the molecule is CCOc1ccc([C@@H]2CN(C)CC[C@@H]2N)cc1OCC.Cl.Cl. The molecule has 0 aromatic heterocycles. The molecule has 128 valence electrons. The summed E-state index contributed by atoms with van der Waals surface area (Å²) in [5.74, 6) is 2.01. The van der Waals surface area contributed by atoms with Gasteiger partial charge in [-0.25, -0.2) is 0 Å². The molecule has 6 heteroatoms. The van der Waals surface area contributed by atoms with Crippen molar-refractivity contribution in [2.75, 3.05) is 33.4 Å². The molecule has 2 N–H and O–H groups in total. The highest BCUT2D eigenvalue weighted by Crippen LogP contribution is 2.34. The third kappa shape index (κ3) is 5.20. The lowest BCUT2D eigenvalue weighted by Crippen LogP contribution is -2.44. The second-order valence-electron chi connectivity index (χ2n) is 5.39. The van der Waals surface area contributed by atoms with E-state index in [0.29, 0.717) is 19.1 Å². The summed E-state index contributed by atoms with van der Waals surface area (Å²) in [6.45, 7) is 7.33. The Morgan fingerprint density at radius 2 is 1.77 bits per heavy atom. The van der Waals surface area contributed by atoms with Crippen molar-refractivity contribution in [1.29, 1.82) is 0 Å². The zero-order valence-corrected chi connectivity index (χ0v) is 15.2. The van der Waals surface area contributed by atoms with Crippen molar-refractivity contribution in [3.63, 3.8) is 0 Å². The smallest absolute Gasteiger partial charge is 0.161 e. The van der Waals surface area contributed by atoms with Gasteiger partial charge < -0.3 is 20.1 Å². The highest BCUT2D eigenvalue weighted by Gasteiger charge is 2.26. The van der Waals surface area contributed by atoms with Crippen LogP contribution >= 0.6 is 24.8 Å². The zero-order valence-electron chi connectivity index (χ0n) is 13.6. The van der Waals surface area contributed by atoms with Crippen LogP contribution in [-0.2, 0) is 0 Å². The number of piperidine rings is 1. The maximum Gasteiger partial charge on any atom is 0.161 e. The lowest BCUT2D eigenvalue weighted by Gasteiger charge is -2.35. The first-order valence-electron chi connectivity index (χ1n) is 7.49. The monoisotopic (exact) mass is 350 g/mol. The summed E-state index contributed by atoms with van der Waals surface area (Å²) in [6.07, 6.45) is 1.04. The van der Waals surface area contributed by atoms with Crippen LogP contribution in [0.25, 0.3) is 0 Å². The van der Waals surface area contributed by atoms with E-state index in [1.54, 1.807) is 0 Å². The topological polar surface area (TPSA) is 47.7 Å². The fraction of sp³-hybridized carbons (Fsp3) is 0.625. The Morgan fingerprint density at radius 1 is 1.14 bits per heavy atom. The summed E-state index contributed by atoms with van der Waals surface area (Å²) in [4.78, 5) is 2.34. The van der Waals surface area contributed by atoms with E-state index >= 15 is 0 Å². The predicted octanol–water partition coefficient (Wildman–Crippen LogP) is 3.07. The van der Waals surface area contributed by atoms with Crippen molar-refractivity contribution in [2.45, 2.75) is 32.2 Å². The Hall–Kier alpha value is -0.680. The molecule has 0 saturated carbocycles. The maximum atomic E-state index is 6.30. The van der Waals surface area contributed by atoms with E-state index in [-0.39, 0.29) is 30.9 Å². The third-order valence-corrected chi connectivity index (χ3v) is 3.86. The summed E-state index contributed by atoms with van der Waals surface area (Å²) in [7, 11) is 2.15. The van der Waals surface area contributed by atoms with Gasteiger partial charge in [-0.15, -0.1) is 24.8 Å². The van der Waals surface area contributed by atoms with Gasteiger partial charge in [-0.2, -0.15) is 0 Å². The number of likely N-dealkylation sites (N-methyl/N-ethyl adjacent to an activating group) is 1. The summed E-state index contributed by atoms with van der Waals surface area (Å²) in [5.41, 5.74) is 7.54. The average molecular weight is 351 g/mol. The van der Waals surface area contributed by atoms with Crippen LogP contribution in [0.4, 0.5) is 0 Å². The van der Waals surface area contributed by atoms with Crippen molar-refractivity contribution in [3.05, 3.63) is 23.8 Å². The standard InChI is InChI=1S/C16H26N2O2.2ClH/c1-4-19-15-7-6-12(10-16(15)20-5-2)13-11-18(3)9-8-14(13)17;;/h6-7,10,13-14H,4-5,8-9,11,17H2,1-3H3;2*1H/t13-,14-;;/m0../s1. The van der Waals surface area contributed by atoms with Crippen LogP contribution in [0.5, 0.6) is 11.5 Å². The van der Waals surface area contributed by atoms with Gasteiger partial charge in [0.1, 0.15) is 0 Å². The van der Waals surface area contributed by atoms with Gasteiger partial charge in [0.05, 0.1) is 13.2 Å². The van der Waals surface area contributed by atoms with Gasteiger partial charge in [0, 0.05) is 18.5 Å². The first-order chi connectivity index (χ1) is 9.65. The first kappa shape index (κ1) is 21.3. The lowest BCUT2D eigenvalue weighted by atomic mass is 9.86. The van der Waals surface area contributed by atoms with Crippen molar-refractivity contribution in [1.82, 2.24) is 4.90 Å². The minimum Gasteiger partial charge on any atom is -0.490 e. The molecule has 0 amide bonds. The minimum absolute atomic E-state index is 0. The van der Waals surface area contributed by atoms with Crippen LogP contribution in [0, 0.1) is 0 Å². The van der Waals surface area contributed by atoms with Crippen molar-refractivity contribution in [2.24, 2.45) is 5.73 Å². The molecule has 22 heavy (non-hydrogen) atoms. The molecule has 1 fully saturated rings. The number of rotatable bonds is 5. The number of benzene rings is 1. The molecule has 1 aliphatic heterocycles. The van der Waals surface area contributed by atoms with E-state index in [0.717, 1.165) is 31.0 Å². The first-order valence-corrected chi connectivity index (χ1v) is 7.49. The van der Waals surface area contributed by atoms with Crippen LogP contribution < -0.4 is 15.2 Å². The van der Waals surface area contributed by atoms with Gasteiger partial charge in [0.2, 0.25) is 0 Å². The molecule has 1 aliphatic rings. The van der Waals surface area contributed by atoms with Crippen molar-refractivity contribution < 1.29 is 9.47 Å². The average Bonchev–Trinajstić information content (AvgIpc) is 2.44. The number of ether oxygens (including phenoxy) is 2. The quantitative estimate of drug-likeness (QED) is 0.886. The number of nitrogens with two attached hydrogens (primary N) is 1. The van der Waals surface area contributed by atoms with Gasteiger partial charge in [-0.3, -0.25) is 0 Å². The Kier molecular flexibility index (Phi) is 9.85. The minimum atomic E-state index is 0. The Labute approximate surface area is 146 Å². The van der Waals surface area contributed by atoms with E-state index in [4.69, 9.17) is 15.2 Å². The molecule has 1 heterocycles. The molecule has 4 nitrogen and oxygen atoms in total. The lowest BCUT2D eigenvalue weighted by molar-refractivity contribution is 0.227. The number of hydrogen-bond acceptors (Lipinski definition) is 4. The second kappa shape index (κ2) is 10.2. The summed E-state index contributed by atoms with van der Waals surface area (Å²) < 4.78 is 11.3. The number of hydrogen-bond donors (Lipinski definition) is 1. The summed E-state index contributed by atoms with van der Waals surface area (Å²) in [5, 5.41) is 0. The molecule has 1 aromatic rings. The fourth-order valence-electron chi connectivity index (χ4n) is 2.78. The highest BCUT2D eigenvalue weighted by atomic mass is 35.5. The van der Waals surface area contributed by atoms with E-state index in [9.17, 15) is 0 Å². The summed E-state index contributed by atoms with van der Waals surface area (Å²) in [6, 6.07) is 6.44. The normalized spacial score (nSPS) is 21.5. The molecule has 0 bridgehead atoms. The fourth-order valence-corrected chi connectivity index (χ4v) is 2.78. The Morgan fingerprint density at radius 3 is 2.41 bits per heavy atom. The molecule has 0 aliphatic carbocycles. The van der Waals surface area contributed by atoms with Crippen LogP contribution in [-0.4, -0.2) is 44.3 Å². The molecule has 1 saturated heterocycles. The Balaban J connectivity index is 0.00000220. The molecular formula is C16H28Cl2N2O2. The largest absolute Gasteiger partial charge is 0.490 e. The van der Waals surface area contributed by atoms with Crippen LogP contribution in [0.1, 0.15) is 31.7 Å². The molecule has 2 rings (SSSR count). The van der Waals surface area contributed by atoms with E-state index in [1.165, 1.54) is 5.56 Å². The van der Waals surface area contributed by atoms with Gasteiger partial charge in [-0.05, 0) is 51.6 Å². The zero-order chi connectivity index (χ0) is 14.5. The van der Waals surface area contributed by atoms with E-state index in [1.807, 2.05) is 19.9 Å².